The second-order valence-electron chi connectivity index (χ2n) is 2.50. The molecule has 1 N–H and O–H groups in total. The maximum Gasteiger partial charge on any atom is 0.159 e. The van der Waals surface area contributed by atoms with Crippen molar-refractivity contribution in [2.45, 2.75) is 0 Å². The summed E-state index contributed by atoms with van der Waals surface area (Å²) in [5, 5.41) is 0. The van der Waals surface area contributed by atoms with Gasteiger partial charge in [-0.25, -0.2) is 4.39 Å². The molecule has 1 aromatic heterocycles. The van der Waals surface area contributed by atoms with Crippen molar-refractivity contribution >= 4 is 33.8 Å². The van der Waals surface area contributed by atoms with Crippen LogP contribution in [0.3, 0.4) is 0 Å². The number of thiazole rings is 1. The minimum Gasteiger partial charge on any atom is -0.494 e. The lowest BCUT2D eigenvalue weighted by atomic mass is 10.3. The minimum absolute atomic E-state index is 0.311. The molecule has 0 spiro atoms. The van der Waals surface area contributed by atoms with Gasteiger partial charge >= 0.3 is 0 Å². The first kappa shape index (κ1) is 8.65. The smallest absolute Gasteiger partial charge is 0.159 e. The fourth-order valence-electron chi connectivity index (χ4n) is 1.15. The van der Waals surface area contributed by atoms with Crippen molar-refractivity contribution in [3.8, 4) is 5.75 Å². The average molecular weight is 215 g/mol. The van der Waals surface area contributed by atoms with Gasteiger partial charge in [-0.2, -0.15) is 0 Å². The zero-order valence-corrected chi connectivity index (χ0v) is 8.39. The van der Waals surface area contributed by atoms with E-state index in [9.17, 15) is 4.39 Å². The fourth-order valence-corrected chi connectivity index (χ4v) is 2.30. The Kier molecular flexibility index (Phi) is 2.05. The lowest BCUT2D eigenvalue weighted by molar-refractivity contribution is 0.416. The molecule has 0 atom stereocenters. The lowest BCUT2D eigenvalue weighted by Crippen LogP contribution is -1.85. The number of nitrogens with one attached hydrogen (secondary N) is 1. The van der Waals surface area contributed by atoms with Crippen molar-refractivity contribution < 1.29 is 9.13 Å². The Morgan fingerprint density at radius 3 is 3.00 bits per heavy atom. The van der Waals surface area contributed by atoms with Crippen molar-refractivity contribution in [1.82, 2.24) is 4.98 Å². The first-order valence-corrected chi connectivity index (χ1v) is 4.79. The van der Waals surface area contributed by atoms with Gasteiger partial charge in [0.05, 0.1) is 11.8 Å². The summed E-state index contributed by atoms with van der Waals surface area (Å²) in [7, 11) is 1.50. The molecule has 0 fully saturated rings. The van der Waals surface area contributed by atoms with E-state index in [0.717, 1.165) is 10.2 Å². The van der Waals surface area contributed by atoms with Crippen LogP contribution >= 0.6 is 23.6 Å². The van der Waals surface area contributed by atoms with Crippen LogP contribution in [0.15, 0.2) is 12.1 Å². The monoisotopic (exact) mass is 215 g/mol. The predicted octanol–water partition coefficient (Wildman–Crippen LogP) is 3.11. The van der Waals surface area contributed by atoms with Gasteiger partial charge in [-0.3, -0.25) is 0 Å². The fraction of sp³-hybridized carbons (Fsp3) is 0.125. The highest BCUT2D eigenvalue weighted by atomic mass is 32.1. The van der Waals surface area contributed by atoms with Crippen LogP contribution in [0.2, 0.25) is 0 Å². The highest BCUT2D eigenvalue weighted by Gasteiger charge is 2.06. The molecule has 0 saturated carbocycles. The molecule has 2 nitrogen and oxygen atoms in total. The number of aromatic nitrogens is 1. The Balaban J connectivity index is 2.88. The molecule has 2 rings (SSSR count). The molecule has 1 aromatic carbocycles. The molecule has 0 aliphatic heterocycles. The Morgan fingerprint density at radius 2 is 2.31 bits per heavy atom. The molecule has 68 valence electrons. The Morgan fingerprint density at radius 1 is 1.54 bits per heavy atom. The van der Waals surface area contributed by atoms with Gasteiger partial charge < -0.3 is 9.72 Å². The van der Waals surface area contributed by atoms with E-state index in [2.05, 4.69) is 4.98 Å². The largest absolute Gasteiger partial charge is 0.494 e. The normalized spacial score (nSPS) is 10.6. The van der Waals surface area contributed by atoms with E-state index in [1.165, 1.54) is 30.6 Å². The molecule has 0 aliphatic carbocycles. The van der Waals surface area contributed by atoms with Gasteiger partial charge in [-0.05, 0) is 18.3 Å². The molecule has 0 amide bonds. The number of methoxy groups -OCH3 is 1. The summed E-state index contributed by atoms with van der Waals surface area (Å²) >= 11 is 6.28. The summed E-state index contributed by atoms with van der Waals surface area (Å²) < 4.78 is 19.4. The second kappa shape index (κ2) is 3.08. The van der Waals surface area contributed by atoms with Gasteiger partial charge in [0.25, 0.3) is 0 Å². The summed E-state index contributed by atoms with van der Waals surface area (Å²) in [6, 6.07) is 2.77. The van der Waals surface area contributed by atoms with Crippen LogP contribution in [0.5, 0.6) is 5.75 Å². The molecular formula is C8H6FNOS2. The van der Waals surface area contributed by atoms with Gasteiger partial charge in [0.1, 0.15) is 17.1 Å². The molecule has 0 radical (unpaired) electrons. The zero-order valence-electron chi connectivity index (χ0n) is 6.76. The van der Waals surface area contributed by atoms with Crippen molar-refractivity contribution in [3.63, 3.8) is 0 Å². The van der Waals surface area contributed by atoms with E-state index in [4.69, 9.17) is 17.0 Å². The first-order chi connectivity index (χ1) is 6.20. The summed E-state index contributed by atoms with van der Waals surface area (Å²) in [6.45, 7) is 0. The number of hydrogen-bond donors (Lipinski definition) is 1. The van der Waals surface area contributed by atoms with Gasteiger partial charge in [0, 0.05) is 6.07 Å². The number of H-pyrrole nitrogens is 1. The lowest BCUT2D eigenvalue weighted by Gasteiger charge is -2.00. The van der Waals surface area contributed by atoms with Gasteiger partial charge in [0.15, 0.2) is 3.95 Å². The van der Waals surface area contributed by atoms with Crippen LogP contribution in [0.25, 0.3) is 10.2 Å². The molecule has 0 unspecified atom stereocenters. The Labute approximate surface area is 83.0 Å². The molecule has 0 saturated heterocycles. The summed E-state index contributed by atoms with van der Waals surface area (Å²) in [5.41, 5.74) is 0.763. The van der Waals surface area contributed by atoms with Crippen LogP contribution in [-0.4, -0.2) is 12.1 Å². The van der Waals surface area contributed by atoms with Crippen LogP contribution in [-0.2, 0) is 0 Å². The van der Waals surface area contributed by atoms with E-state index < -0.39 is 0 Å². The molecular weight excluding hydrogens is 209 g/mol. The maximum absolute atomic E-state index is 13.0. The molecule has 5 heteroatoms. The molecule has 0 bridgehead atoms. The standard InChI is InChI=1S/C8H6FNOS2/c1-11-5-2-4(9)3-6-7(5)10-8(12)13-6/h2-3H,1H3,(H,10,12). The van der Waals surface area contributed by atoms with E-state index in [0.29, 0.717) is 9.70 Å². The third-order valence-corrected chi connectivity index (χ3v) is 2.86. The van der Waals surface area contributed by atoms with E-state index in [-0.39, 0.29) is 5.82 Å². The zero-order chi connectivity index (χ0) is 9.42. The molecule has 13 heavy (non-hydrogen) atoms. The second-order valence-corrected chi connectivity index (χ2v) is 4.21. The topological polar surface area (TPSA) is 25.0 Å². The molecule has 2 aromatic rings. The Bertz CT molecular complexity index is 502. The van der Waals surface area contributed by atoms with Crippen LogP contribution in [0, 0.1) is 9.77 Å². The van der Waals surface area contributed by atoms with Crippen molar-refractivity contribution in [2.24, 2.45) is 0 Å². The number of hydrogen-bond acceptors (Lipinski definition) is 3. The number of halogens is 1. The van der Waals surface area contributed by atoms with Crippen LogP contribution in [0.1, 0.15) is 0 Å². The van der Waals surface area contributed by atoms with E-state index in [1.54, 1.807) is 0 Å². The SMILES string of the molecule is COc1cc(F)cc2sc(=S)[nH]c12. The van der Waals surface area contributed by atoms with Crippen molar-refractivity contribution in [1.29, 1.82) is 0 Å². The Hall–Kier alpha value is -0.940. The quantitative estimate of drug-likeness (QED) is 0.739. The number of ether oxygens (including phenoxy) is 1. The first-order valence-electron chi connectivity index (χ1n) is 3.57. The highest BCUT2D eigenvalue weighted by molar-refractivity contribution is 7.73. The molecule has 0 aliphatic rings. The maximum atomic E-state index is 13.0. The van der Waals surface area contributed by atoms with Gasteiger partial charge in [-0.1, -0.05) is 0 Å². The van der Waals surface area contributed by atoms with Crippen molar-refractivity contribution in [2.75, 3.05) is 7.11 Å². The van der Waals surface area contributed by atoms with E-state index >= 15 is 0 Å². The molecule has 1 heterocycles. The minimum atomic E-state index is -0.311. The number of fused-ring (bicyclic) bond motifs is 1. The highest BCUT2D eigenvalue weighted by Crippen LogP contribution is 2.29. The summed E-state index contributed by atoms with van der Waals surface area (Å²) in [5.74, 6) is 0.178. The van der Waals surface area contributed by atoms with Crippen LogP contribution in [0.4, 0.5) is 4.39 Å². The summed E-state index contributed by atoms with van der Waals surface area (Å²) in [6.07, 6.45) is 0. The number of rotatable bonds is 1. The predicted molar refractivity (Wildman–Crippen MR) is 53.5 cm³/mol. The van der Waals surface area contributed by atoms with Gasteiger partial charge in [-0.15, -0.1) is 11.3 Å². The third-order valence-electron chi connectivity index (χ3n) is 1.68. The van der Waals surface area contributed by atoms with Crippen LogP contribution < -0.4 is 4.74 Å². The number of benzene rings is 1. The van der Waals surface area contributed by atoms with Gasteiger partial charge in [0.2, 0.25) is 0 Å². The summed E-state index contributed by atoms with van der Waals surface area (Å²) in [4.78, 5) is 2.95. The average Bonchev–Trinajstić information content (AvgIpc) is 2.43. The van der Waals surface area contributed by atoms with E-state index in [1.807, 2.05) is 0 Å². The van der Waals surface area contributed by atoms with Crippen molar-refractivity contribution in [3.05, 3.63) is 21.9 Å². The number of aromatic amines is 1. The third kappa shape index (κ3) is 1.45.